The van der Waals surface area contributed by atoms with Crippen LogP contribution in [0.2, 0.25) is 10.0 Å². The van der Waals surface area contributed by atoms with Gasteiger partial charge in [0.2, 0.25) is 0 Å². The van der Waals surface area contributed by atoms with Crippen molar-refractivity contribution in [3.63, 3.8) is 0 Å². The van der Waals surface area contributed by atoms with E-state index >= 15 is 0 Å². The molecular weight excluding hydrogens is 391 g/mol. The molecule has 2 rings (SSSR count). The molecule has 7 heteroatoms. The second-order valence-electron chi connectivity index (χ2n) is 5.99. The van der Waals surface area contributed by atoms with Crippen LogP contribution in [0.25, 0.3) is 6.08 Å². The zero-order chi connectivity index (χ0) is 19.8. The third kappa shape index (κ3) is 7.23. The van der Waals surface area contributed by atoms with Crippen LogP contribution in [-0.2, 0) is 11.4 Å². The smallest absolute Gasteiger partial charge is 0.305 e. The van der Waals surface area contributed by atoms with E-state index in [2.05, 4.69) is 0 Å². The van der Waals surface area contributed by atoms with Crippen molar-refractivity contribution in [2.45, 2.75) is 31.7 Å². The Morgan fingerprint density at radius 2 is 1.85 bits per heavy atom. The molecule has 0 aliphatic carbocycles. The Kier molecular flexibility index (Phi) is 8.13. The SMILES string of the molecule is O=C(O)C[C@@H](O)C[C@H](O)/C=C/c1c(Cl)cc(Cl)cc1OCc1ccccc1. The molecule has 0 bridgehead atoms. The summed E-state index contributed by atoms with van der Waals surface area (Å²) in [6.45, 7) is 0.318. The molecule has 0 saturated carbocycles. The summed E-state index contributed by atoms with van der Waals surface area (Å²) in [6, 6.07) is 12.8. The Bertz CT molecular complexity index is 792. The van der Waals surface area contributed by atoms with Gasteiger partial charge in [-0.15, -0.1) is 0 Å². The number of ether oxygens (including phenoxy) is 1. The van der Waals surface area contributed by atoms with Gasteiger partial charge in [0, 0.05) is 17.0 Å². The molecule has 0 heterocycles. The van der Waals surface area contributed by atoms with Gasteiger partial charge in [0.05, 0.1) is 23.7 Å². The van der Waals surface area contributed by atoms with Crippen molar-refractivity contribution in [2.75, 3.05) is 0 Å². The minimum atomic E-state index is -1.14. The third-order valence-electron chi connectivity index (χ3n) is 3.70. The number of rotatable bonds is 9. The highest BCUT2D eigenvalue weighted by atomic mass is 35.5. The molecule has 0 unspecified atom stereocenters. The van der Waals surface area contributed by atoms with E-state index in [1.54, 1.807) is 18.2 Å². The molecule has 3 N–H and O–H groups in total. The standard InChI is InChI=1S/C20H20Cl2O5/c21-14-8-18(22)17(7-6-15(23)10-16(24)11-20(25)26)19(9-14)27-12-13-4-2-1-3-5-13/h1-9,15-16,23-24H,10-12H2,(H,25,26)/b7-6+/t15-,16+/m1/s1. The summed E-state index contributed by atoms with van der Waals surface area (Å²) in [4.78, 5) is 10.6. The van der Waals surface area contributed by atoms with Gasteiger partial charge in [-0.3, -0.25) is 4.79 Å². The van der Waals surface area contributed by atoms with E-state index in [9.17, 15) is 15.0 Å². The highest BCUT2D eigenvalue weighted by molar-refractivity contribution is 6.35. The molecule has 0 radical (unpaired) electrons. The van der Waals surface area contributed by atoms with Gasteiger partial charge >= 0.3 is 5.97 Å². The monoisotopic (exact) mass is 410 g/mol. The van der Waals surface area contributed by atoms with E-state index in [4.69, 9.17) is 33.0 Å². The lowest BCUT2D eigenvalue weighted by molar-refractivity contribution is -0.139. The van der Waals surface area contributed by atoms with Gasteiger partial charge in [0.15, 0.2) is 0 Å². The molecule has 0 amide bonds. The van der Waals surface area contributed by atoms with Gasteiger partial charge in [-0.25, -0.2) is 0 Å². The fraction of sp³-hybridized carbons (Fsp3) is 0.250. The summed E-state index contributed by atoms with van der Waals surface area (Å²) in [6.07, 6.45) is 0.281. The maximum atomic E-state index is 10.6. The Balaban J connectivity index is 2.11. The third-order valence-corrected chi connectivity index (χ3v) is 4.23. The topological polar surface area (TPSA) is 87.0 Å². The molecule has 2 aromatic rings. The molecule has 144 valence electrons. The zero-order valence-corrected chi connectivity index (χ0v) is 15.9. The number of halogens is 2. The van der Waals surface area contributed by atoms with Crippen LogP contribution in [0.1, 0.15) is 24.0 Å². The highest BCUT2D eigenvalue weighted by Crippen LogP contribution is 2.33. The molecule has 0 aliphatic heterocycles. The quantitative estimate of drug-likeness (QED) is 0.577. The maximum absolute atomic E-state index is 10.6. The van der Waals surface area contributed by atoms with Crippen LogP contribution in [0, 0.1) is 0 Å². The average Bonchev–Trinajstić information content (AvgIpc) is 2.59. The molecule has 0 spiro atoms. The summed E-state index contributed by atoms with van der Waals surface area (Å²) >= 11 is 12.3. The van der Waals surface area contributed by atoms with E-state index in [0.29, 0.717) is 28.0 Å². The number of aliphatic hydroxyl groups excluding tert-OH is 2. The van der Waals surface area contributed by atoms with Gasteiger partial charge in [0.25, 0.3) is 0 Å². The lowest BCUT2D eigenvalue weighted by Crippen LogP contribution is -2.19. The van der Waals surface area contributed by atoms with Crippen molar-refractivity contribution in [1.29, 1.82) is 0 Å². The van der Waals surface area contributed by atoms with Crippen LogP contribution in [0.15, 0.2) is 48.5 Å². The Morgan fingerprint density at radius 3 is 2.52 bits per heavy atom. The number of carboxylic acids is 1. The van der Waals surface area contributed by atoms with Crippen LogP contribution in [0.5, 0.6) is 5.75 Å². The second-order valence-corrected chi connectivity index (χ2v) is 6.83. The number of aliphatic hydroxyl groups is 2. The van der Waals surface area contributed by atoms with Crippen LogP contribution < -0.4 is 4.74 Å². The van der Waals surface area contributed by atoms with Gasteiger partial charge in [-0.2, -0.15) is 0 Å². The van der Waals surface area contributed by atoms with E-state index in [1.807, 2.05) is 30.3 Å². The zero-order valence-electron chi connectivity index (χ0n) is 14.4. The Hall–Kier alpha value is -2.05. The first kappa shape index (κ1) is 21.3. The number of benzene rings is 2. The summed E-state index contributed by atoms with van der Waals surface area (Å²) in [7, 11) is 0. The summed E-state index contributed by atoms with van der Waals surface area (Å²) in [5.74, 6) is -0.679. The lowest BCUT2D eigenvalue weighted by atomic mass is 10.1. The number of hydrogen-bond donors (Lipinski definition) is 3. The second kappa shape index (κ2) is 10.3. The minimum absolute atomic E-state index is 0.103. The normalized spacial score (nSPS) is 13.5. The van der Waals surface area contributed by atoms with E-state index in [-0.39, 0.29) is 6.42 Å². The van der Waals surface area contributed by atoms with E-state index < -0.39 is 24.6 Å². The van der Waals surface area contributed by atoms with Crippen molar-refractivity contribution < 1.29 is 24.9 Å². The molecule has 5 nitrogen and oxygen atoms in total. The van der Waals surface area contributed by atoms with Crippen LogP contribution in [-0.4, -0.2) is 33.5 Å². The molecule has 2 atom stereocenters. The summed E-state index contributed by atoms with van der Waals surface area (Å²) in [5.41, 5.74) is 1.50. The number of carbonyl (C=O) groups is 1. The van der Waals surface area contributed by atoms with Crippen LogP contribution in [0.4, 0.5) is 0 Å². The Morgan fingerprint density at radius 1 is 1.15 bits per heavy atom. The predicted octanol–water partition coefficient (Wildman–Crippen LogP) is 4.17. The maximum Gasteiger partial charge on any atom is 0.305 e. The highest BCUT2D eigenvalue weighted by Gasteiger charge is 2.14. The first-order chi connectivity index (χ1) is 12.8. The molecule has 0 aliphatic rings. The molecular formula is C20H20Cl2O5. The van der Waals surface area contributed by atoms with Crippen LogP contribution in [0.3, 0.4) is 0 Å². The van der Waals surface area contributed by atoms with Gasteiger partial charge < -0.3 is 20.1 Å². The van der Waals surface area contributed by atoms with Crippen molar-refractivity contribution in [1.82, 2.24) is 0 Å². The van der Waals surface area contributed by atoms with Crippen molar-refractivity contribution in [2.24, 2.45) is 0 Å². The fourth-order valence-corrected chi connectivity index (χ4v) is 2.96. The van der Waals surface area contributed by atoms with Crippen LogP contribution >= 0.6 is 23.2 Å². The summed E-state index contributed by atoms with van der Waals surface area (Å²) < 4.78 is 5.82. The fourth-order valence-electron chi connectivity index (χ4n) is 2.43. The van der Waals surface area contributed by atoms with Gasteiger partial charge in [0.1, 0.15) is 12.4 Å². The number of aliphatic carboxylic acids is 1. The lowest BCUT2D eigenvalue weighted by Gasteiger charge is -2.13. The number of carboxylic acid groups (broad SMARTS) is 1. The summed E-state index contributed by atoms with van der Waals surface area (Å²) in [5, 5.41) is 29.0. The molecule has 0 aromatic heterocycles. The average molecular weight is 411 g/mol. The number of hydrogen-bond acceptors (Lipinski definition) is 4. The van der Waals surface area contributed by atoms with Gasteiger partial charge in [-0.05, 0) is 17.7 Å². The Labute approximate surface area is 167 Å². The molecule has 0 fully saturated rings. The van der Waals surface area contributed by atoms with E-state index in [1.165, 1.54) is 6.08 Å². The van der Waals surface area contributed by atoms with E-state index in [0.717, 1.165) is 5.56 Å². The van der Waals surface area contributed by atoms with Gasteiger partial charge in [-0.1, -0.05) is 65.7 Å². The van der Waals surface area contributed by atoms with Crippen molar-refractivity contribution in [3.8, 4) is 5.75 Å². The first-order valence-corrected chi connectivity index (χ1v) is 9.02. The first-order valence-electron chi connectivity index (χ1n) is 8.27. The predicted molar refractivity (Wildman–Crippen MR) is 105 cm³/mol. The molecule has 0 saturated heterocycles. The van der Waals surface area contributed by atoms with Crippen molar-refractivity contribution in [3.05, 3.63) is 69.7 Å². The molecule has 2 aromatic carbocycles. The largest absolute Gasteiger partial charge is 0.488 e. The molecule has 27 heavy (non-hydrogen) atoms. The minimum Gasteiger partial charge on any atom is -0.488 e. The van der Waals surface area contributed by atoms with Crippen molar-refractivity contribution >= 4 is 35.2 Å².